The van der Waals surface area contributed by atoms with Gasteiger partial charge in [-0.1, -0.05) is 0 Å². The molecule has 0 bridgehead atoms. The monoisotopic (exact) mass is 268 g/mol. The molecule has 2 aliphatic heterocycles. The summed E-state index contributed by atoms with van der Waals surface area (Å²) in [6.07, 6.45) is 4.21. The largest absolute Gasteiger partial charge is 0.314 e. The lowest BCUT2D eigenvalue weighted by atomic mass is 9.84. The predicted molar refractivity (Wildman–Crippen MR) is 81.6 cm³/mol. The maximum Gasteiger partial charge on any atom is 0.0145 e. The van der Waals surface area contributed by atoms with Gasteiger partial charge in [0, 0.05) is 38.8 Å². The summed E-state index contributed by atoms with van der Waals surface area (Å²) in [7, 11) is 6.58. The van der Waals surface area contributed by atoms with Crippen molar-refractivity contribution in [2.45, 2.75) is 25.3 Å². The first-order valence-corrected chi connectivity index (χ1v) is 7.95. The number of likely N-dealkylation sites (N-methyl/N-ethyl adjacent to an activating group) is 1. The minimum Gasteiger partial charge on any atom is -0.314 e. The molecular weight excluding hydrogens is 236 g/mol. The molecule has 0 aromatic heterocycles. The highest BCUT2D eigenvalue weighted by atomic mass is 15.2. The Hall–Kier alpha value is -0.160. The van der Waals surface area contributed by atoms with Gasteiger partial charge in [0.15, 0.2) is 0 Å². The van der Waals surface area contributed by atoms with Gasteiger partial charge < -0.3 is 20.0 Å². The topological polar surface area (TPSA) is 21.8 Å². The lowest BCUT2D eigenvalue weighted by Crippen LogP contribution is -2.53. The zero-order valence-corrected chi connectivity index (χ0v) is 13.1. The molecule has 19 heavy (non-hydrogen) atoms. The van der Waals surface area contributed by atoms with Crippen LogP contribution in [-0.4, -0.2) is 87.7 Å². The van der Waals surface area contributed by atoms with E-state index < -0.39 is 0 Å². The van der Waals surface area contributed by atoms with Crippen LogP contribution in [-0.2, 0) is 0 Å². The Kier molecular flexibility index (Phi) is 6.07. The molecule has 4 heteroatoms. The van der Waals surface area contributed by atoms with Gasteiger partial charge in [0.1, 0.15) is 0 Å². The average molecular weight is 268 g/mol. The summed E-state index contributed by atoms with van der Waals surface area (Å²) in [6, 6.07) is 0.867. The standard InChI is InChI=1S/C15H32N4/c1-17(2)11-7-16-8-12-19-10-6-15-14(13-19)5-4-9-18(15)3/h14-16H,4-13H2,1-3H3. The Bertz CT molecular complexity index is 257. The molecule has 0 amide bonds. The summed E-state index contributed by atoms with van der Waals surface area (Å²) >= 11 is 0. The third-order valence-electron chi connectivity index (χ3n) is 4.77. The number of fused-ring (bicyclic) bond motifs is 1. The van der Waals surface area contributed by atoms with Gasteiger partial charge in [-0.15, -0.1) is 0 Å². The van der Waals surface area contributed by atoms with Crippen molar-refractivity contribution < 1.29 is 0 Å². The quantitative estimate of drug-likeness (QED) is 0.710. The molecule has 0 aromatic rings. The molecule has 0 radical (unpaired) electrons. The van der Waals surface area contributed by atoms with Crippen LogP contribution in [0.4, 0.5) is 0 Å². The lowest BCUT2D eigenvalue weighted by molar-refractivity contribution is 0.0391. The van der Waals surface area contributed by atoms with E-state index >= 15 is 0 Å². The van der Waals surface area contributed by atoms with Crippen molar-refractivity contribution in [3.05, 3.63) is 0 Å². The van der Waals surface area contributed by atoms with E-state index in [-0.39, 0.29) is 0 Å². The van der Waals surface area contributed by atoms with Crippen molar-refractivity contribution in [1.29, 1.82) is 0 Å². The van der Waals surface area contributed by atoms with Crippen LogP contribution in [0.3, 0.4) is 0 Å². The van der Waals surface area contributed by atoms with Gasteiger partial charge in [-0.25, -0.2) is 0 Å². The SMILES string of the molecule is CN(C)CCNCCN1CCC2C(CCCN2C)C1. The number of hydrogen-bond donors (Lipinski definition) is 1. The van der Waals surface area contributed by atoms with Crippen molar-refractivity contribution in [3.8, 4) is 0 Å². The van der Waals surface area contributed by atoms with Gasteiger partial charge in [-0.3, -0.25) is 0 Å². The average Bonchev–Trinajstić information content (AvgIpc) is 2.38. The van der Waals surface area contributed by atoms with E-state index in [0.29, 0.717) is 0 Å². The molecule has 2 fully saturated rings. The van der Waals surface area contributed by atoms with Crippen molar-refractivity contribution >= 4 is 0 Å². The first-order chi connectivity index (χ1) is 9.16. The molecular formula is C15H32N4. The molecule has 2 saturated heterocycles. The van der Waals surface area contributed by atoms with Crippen LogP contribution < -0.4 is 5.32 Å². The second-order valence-corrected chi connectivity index (χ2v) is 6.59. The van der Waals surface area contributed by atoms with Crippen molar-refractivity contribution in [2.75, 3.05) is 67.0 Å². The summed E-state index contributed by atoms with van der Waals surface area (Å²) < 4.78 is 0. The maximum absolute atomic E-state index is 3.55. The number of piperidine rings is 2. The molecule has 0 spiro atoms. The third kappa shape index (κ3) is 4.71. The fraction of sp³-hybridized carbons (Fsp3) is 1.00. The highest BCUT2D eigenvalue weighted by Gasteiger charge is 2.33. The van der Waals surface area contributed by atoms with Gasteiger partial charge in [-0.2, -0.15) is 0 Å². The highest BCUT2D eigenvalue weighted by Crippen LogP contribution is 2.29. The molecule has 112 valence electrons. The zero-order chi connectivity index (χ0) is 13.7. The zero-order valence-electron chi connectivity index (χ0n) is 13.1. The molecule has 2 heterocycles. The van der Waals surface area contributed by atoms with Crippen molar-refractivity contribution in [3.63, 3.8) is 0 Å². The number of nitrogens with one attached hydrogen (secondary N) is 1. The van der Waals surface area contributed by atoms with Gasteiger partial charge in [-0.05, 0) is 59.4 Å². The molecule has 2 atom stereocenters. The van der Waals surface area contributed by atoms with Gasteiger partial charge in [0.05, 0.1) is 0 Å². The summed E-state index contributed by atoms with van der Waals surface area (Å²) in [4.78, 5) is 7.50. The van der Waals surface area contributed by atoms with Gasteiger partial charge >= 0.3 is 0 Å². The molecule has 0 aliphatic carbocycles. The van der Waals surface area contributed by atoms with E-state index in [0.717, 1.165) is 31.6 Å². The maximum atomic E-state index is 3.55. The molecule has 4 nitrogen and oxygen atoms in total. The first-order valence-electron chi connectivity index (χ1n) is 7.95. The Labute approximate surface area is 119 Å². The van der Waals surface area contributed by atoms with E-state index in [4.69, 9.17) is 0 Å². The van der Waals surface area contributed by atoms with Gasteiger partial charge in [0.25, 0.3) is 0 Å². The Morgan fingerprint density at radius 2 is 2.00 bits per heavy atom. The molecule has 2 aliphatic rings. The lowest BCUT2D eigenvalue weighted by Gasteiger charge is -2.46. The molecule has 0 saturated carbocycles. The molecule has 2 rings (SSSR count). The number of rotatable bonds is 6. The van der Waals surface area contributed by atoms with Crippen LogP contribution in [0, 0.1) is 5.92 Å². The first kappa shape index (κ1) is 15.2. The van der Waals surface area contributed by atoms with Crippen LogP contribution in [0.25, 0.3) is 0 Å². The van der Waals surface area contributed by atoms with E-state index in [9.17, 15) is 0 Å². The van der Waals surface area contributed by atoms with E-state index in [1.807, 2.05) is 0 Å². The summed E-state index contributed by atoms with van der Waals surface area (Å²) in [5.41, 5.74) is 0. The number of likely N-dealkylation sites (tertiary alicyclic amines) is 2. The fourth-order valence-corrected chi connectivity index (χ4v) is 3.60. The predicted octanol–water partition coefficient (Wildman–Crippen LogP) is 0.554. The normalized spacial score (nSPS) is 29.7. The summed E-state index contributed by atoms with van der Waals surface area (Å²) in [5.74, 6) is 0.925. The van der Waals surface area contributed by atoms with Crippen molar-refractivity contribution in [2.24, 2.45) is 5.92 Å². The van der Waals surface area contributed by atoms with E-state index in [1.165, 1.54) is 45.4 Å². The van der Waals surface area contributed by atoms with Crippen LogP contribution >= 0.6 is 0 Å². The van der Waals surface area contributed by atoms with Crippen LogP contribution in [0.2, 0.25) is 0 Å². The Morgan fingerprint density at radius 1 is 1.16 bits per heavy atom. The Balaban J connectivity index is 1.61. The van der Waals surface area contributed by atoms with Crippen molar-refractivity contribution in [1.82, 2.24) is 20.0 Å². The molecule has 1 N–H and O–H groups in total. The minimum atomic E-state index is 0.867. The smallest absolute Gasteiger partial charge is 0.0145 e. The number of hydrogen-bond acceptors (Lipinski definition) is 4. The summed E-state index contributed by atoms with van der Waals surface area (Å²) in [5, 5.41) is 3.55. The van der Waals surface area contributed by atoms with Crippen LogP contribution in [0.5, 0.6) is 0 Å². The Morgan fingerprint density at radius 3 is 2.79 bits per heavy atom. The van der Waals surface area contributed by atoms with Crippen LogP contribution in [0.15, 0.2) is 0 Å². The second-order valence-electron chi connectivity index (χ2n) is 6.59. The summed E-state index contributed by atoms with van der Waals surface area (Å²) in [6.45, 7) is 8.53. The van der Waals surface area contributed by atoms with E-state index in [1.54, 1.807) is 0 Å². The van der Waals surface area contributed by atoms with Crippen LogP contribution in [0.1, 0.15) is 19.3 Å². The third-order valence-corrected chi connectivity index (χ3v) is 4.77. The fourth-order valence-electron chi connectivity index (χ4n) is 3.60. The second kappa shape index (κ2) is 7.58. The minimum absolute atomic E-state index is 0.867. The van der Waals surface area contributed by atoms with E-state index in [2.05, 4.69) is 41.2 Å². The molecule has 0 aromatic carbocycles. The highest BCUT2D eigenvalue weighted by molar-refractivity contribution is 4.89. The number of nitrogens with zero attached hydrogens (tertiary/aromatic N) is 3. The molecule has 2 unspecified atom stereocenters. The van der Waals surface area contributed by atoms with Gasteiger partial charge in [0.2, 0.25) is 0 Å².